The number of rotatable bonds is 5. The number of ether oxygens (including phenoxy) is 1. The van der Waals surface area contributed by atoms with Crippen LogP contribution < -0.4 is 5.73 Å². The van der Waals surface area contributed by atoms with Crippen LogP contribution in [0.2, 0.25) is 0 Å². The van der Waals surface area contributed by atoms with E-state index in [1.807, 2.05) is 12.1 Å². The number of nitrogens with zero attached hydrogens (tertiary/aromatic N) is 1. The van der Waals surface area contributed by atoms with Gasteiger partial charge in [-0.05, 0) is 31.7 Å². The lowest BCUT2D eigenvalue weighted by Gasteiger charge is -2.01. The molecule has 2 rings (SSSR count). The van der Waals surface area contributed by atoms with Crippen molar-refractivity contribution in [3.63, 3.8) is 0 Å². The molecule has 5 nitrogen and oxygen atoms in total. The number of H-pyrrole nitrogens is 1. The molecule has 0 atom stereocenters. The molecule has 0 bridgehead atoms. The minimum absolute atomic E-state index is 0. The molecule has 0 spiro atoms. The van der Waals surface area contributed by atoms with Crippen molar-refractivity contribution in [1.82, 2.24) is 9.97 Å². The third-order valence-corrected chi connectivity index (χ3v) is 2.78. The van der Waals surface area contributed by atoms with Gasteiger partial charge in [0.25, 0.3) is 0 Å². The largest absolute Gasteiger partial charge is 0.462 e. The fourth-order valence-electron chi connectivity index (χ4n) is 1.92. The monoisotopic (exact) mass is 331 g/mol. The summed E-state index contributed by atoms with van der Waals surface area (Å²) in [5, 5.41) is 0. The van der Waals surface area contributed by atoms with E-state index < -0.39 is 0 Å². The molecule has 116 valence electrons. The molecule has 0 aliphatic carbocycles. The zero-order chi connectivity index (χ0) is 13.7. The van der Waals surface area contributed by atoms with Crippen molar-refractivity contribution in [1.29, 1.82) is 0 Å². The highest BCUT2D eigenvalue weighted by atomic mass is 35.5. The summed E-state index contributed by atoms with van der Waals surface area (Å²) in [7, 11) is 0. The van der Waals surface area contributed by atoms with Crippen LogP contribution in [0.15, 0.2) is 30.6 Å². The van der Waals surface area contributed by atoms with Crippen LogP contribution in [0, 0.1) is 0 Å². The minimum atomic E-state index is -0.317. The Morgan fingerprint density at radius 1 is 1.33 bits per heavy atom. The van der Waals surface area contributed by atoms with Crippen LogP contribution in [0.3, 0.4) is 0 Å². The number of aromatic nitrogens is 2. The maximum Gasteiger partial charge on any atom is 0.339 e. The molecule has 0 aromatic carbocycles. The van der Waals surface area contributed by atoms with Crippen molar-refractivity contribution in [3.05, 3.63) is 41.9 Å². The molecular weight excluding hydrogens is 313 g/mol. The highest BCUT2D eigenvalue weighted by Gasteiger charge is 2.16. The molecule has 0 saturated heterocycles. The smallest absolute Gasteiger partial charge is 0.339 e. The second kappa shape index (κ2) is 9.39. The summed E-state index contributed by atoms with van der Waals surface area (Å²) in [5.74, 6) is -0.317. The first-order chi connectivity index (χ1) is 9.26. The summed E-state index contributed by atoms with van der Waals surface area (Å²) in [4.78, 5) is 19.1. The van der Waals surface area contributed by atoms with E-state index in [1.165, 1.54) is 0 Å². The molecule has 0 saturated carbocycles. The van der Waals surface area contributed by atoms with Crippen LogP contribution in [-0.2, 0) is 11.2 Å². The average Bonchev–Trinajstić information content (AvgIpc) is 2.85. The van der Waals surface area contributed by atoms with Crippen molar-refractivity contribution in [2.45, 2.75) is 13.3 Å². The molecule has 0 radical (unpaired) electrons. The zero-order valence-corrected chi connectivity index (χ0v) is 13.3. The van der Waals surface area contributed by atoms with Crippen LogP contribution in [0.1, 0.15) is 23.0 Å². The van der Waals surface area contributed by atoms with Gasteiger partial charge in [0.2, 0.25) is 0 Å². The Bertz CT molecular complexity index is 559. The Morgan fingerprint density at radius 2 is 2.00 bits per heavy atom. The van der Waals surface area contributed by atoms with Crippen molar-refractivity contribution < 1.29 is 9.53 Å². The van der Waals surface area contributed by atoms with Crippen LogP contribution in [0.25, 0.3) is 11.3 Å². The van der Waals surface area contributed by atoms with E-state index in [0.717, 1.165) is 17.0 Å². The topological polar surface area (TPSA) is 81.0 Å². The van der Waals surface area contributed by atoms with Crippen LogP contribution in [0.4, 0.5) is 0 Å². The number of halogens is 2. The third kappa shape index (κ3) is 4.74. The molecule has 0 unspecified atom stereocenters. The van der Waals surface area contributed by atoms with E-state index in [0.29, 0.717) is 25.1 Å². The Balaban J connectivity index is 0.00000200. The first-order valence-corrected chi connectivity index (χ1v) is 6.25. The van der Waals surface area contributed by atoms with E-state index in [4.69, 9.17) is 10.5 Å². The number of esters is 1. The van der Waals surface area contributed by atoms with Crippen molar-refractivity contribution >= 4 is 30.8 Å². The molecule has 2 aromatic heterocycles. The molecule has 0 aliphatic heterocycles. The molecule has 2 heterocycles. The van der Waals surface area contributed by atoms with Gasteiger partial charge in [0.15, 0.2) is 0 Å². The van der Waals surface area contributed by atoms with Gasteiger partial charge in [-0.25, -0.2) is 4.79 Å². The Morgan fingerprint density at radius 3 is 2.57 bits per heavy atom. The van der Waals surface area contributed by atoms with Crippen molar-refractivity contribution in [2.24, 2.45) is 5.73 Å². The first-order valence-electron chi connectivity index (χ1n) is 6.25. The summed E-state index contributed by atoms with van der Waals surface area (Å²) in [6.07, 6.45) is 4.03. The van der Waals surface area contributed by atoms with Crippen LogP contribution in [-0.4, -0.2) is 29.1 Å². The van der Waals surface area contributed by atoms with Gasteiger partial charge in [-0.1, -0.05) is 0 Å². The van der Waals surface area contributed by atoms with E-state index >= 15 is 0 Å². The summed E-state index contributed by atoms with van der Waals surface area (Å²) in [6, 6.07) is 5.57. The maximum absolute atomic E-state index is 11.9. The maximum atomic E-state index is 11.9. The van der Waals surface area contributed by atoms with Gasteiger partial charge in [0, 0.05) is 35.8 Å². The van der Waals surface area contributed by atoms with Gasteiger partial charge >= 0.3 is 5.97 Å². The predicted octanol–water partition coefficient (Wildman–Crippen LogP) is 2.60. The standard InChI is InChI=1S/C14H17N3O2.2ClH/c1-2-19-14(18)11-9-13(17-12(11)3-6-15)10-4-7-16-8-5-10;;/h4-5,7-9,17H,2-3,6,15H2,1H3;2*1H. The normalized spacial score (nSPS) is 9.43. The molecule has 7 heteroatoms. The van der Waals surface area contributed by atoms with Gasteiger partial charge in [0.05, 0.1) is 12.2 Å². The number of nitrogens with two attached hydrogens (primary N) is 1. The van der Waals surface area contributed by atoms with E-state index in [9.17, 15) is 4.79 Å². The number of nitrogens with one attached hydrogen (secondary N) is 1. The molecule has 3 N–H and O–H groups in total. The highest BCUT2D eigenvalue weighted by molar-refractivity contribution is 5.92. The average molecular weight is 332 g/mol. The van der Waals surface area contributed by atoms with Crippen LogP contribution in [0.5, 0.6) is 0 Å². The number of hydrogen-bond acceptors (Lipinski definition) is 4. The lowest BCUT2D eigenvalue weighted by atomic mass is 10.1. The molecule has 0 amide bonds. The second-order valence-electron chi connectivity index (χ2n) is 4.07. The zero-order valence-electron chi connectivity index (χ0n) is 11.7. The molecule has 0 fully saturated rings. The Hall–Kier alpha value is -1.56. The van der Waals surface area contributed by atoms with Gasteiger partial charge in [-0.2, -0.15) is 0 Å². The summed E-state index contributed by atoms with van der Waals surface area (Å²) >= 11 is 0. The Labute approximate surface area is 136 Å². The van der Waals surface area contributed by atoms with E-state index in [1.54, 1.807) is 25.4 Å². The van der Waals surface area contributed by atoms with E-state index in [-0.39, 0.29) is 30.8 Å². The summed E-state index contributed by atoms with van der Waals surface area (Å²) in [6.45, 7) is 2.62. The third-order valence-electron chi connectivity index (χ3n) is 2.78. The number of aromatic amines is 1. The number of pyridine rings is 1. The number of carbonyl (C=O) groups excluding carboxylic acids is 1. The minimum Gasteiger partial charge on any atom is -0.462 e. The summed E-state index contributed by atoms with van der Waals surface area (Å²) in [5.41, 5.74) is 8.78. The van der Waals surface area contributed by atoms with Crippen molar-refractivity contribution in [2.75, 3.05) is 13.2 Å². The predicted molar refractivity (Wildman–Crippen MR) is 87.2 cm³/mol. The van der Waals surface area contributed by atoms with Crippen molar-refractivity contribution in [3.8, 4) is 11.3 Å². The molecular formula is C14H19Cl2N3O2. The van der Waals surface area contributed by atoms with Gasteiger partial charge in [-0.3, -0.25) is 4.98 Å². The van der Waals surface area contributed by atoms with E-state index in [2.05, 4.69) is 9.97 Å². The quantitative estimate of drug-likeness (QED) is 0.825. The molecule has 21 heavy (non-hydrogen) atoms. The highest BCUT2D eigenvalue weighted by Crippen LogP contribution is 2.22. The van der Waals surface area contributed by atoms with Gasteiger partial charge in [0.1, 0.15) is 0 Å². The Kier molecular flexibility index (Phi) is 8.69. The molecule has 0 aliphatic rings. The fraction of sp³-hybridized carbons (Fsp3) is 0.286. The summed E-state index contributed by atoms with van der Waals surface area (Å²) < 4.78 is 5.05. The van der Waals surface area contributed by atoms with Crippen LogP contribution >= 0.6 is 24.8 Å². The fourth-order valence-corrected chi connectivity index (χ4v) is 1.92. The number of hydrogen-bond donors (Lipinski definition) is 2. The first kappa shape index (κ1) is 19.4. The van der Waals surface area contributed by atoms with Gasteiger partial charge in [-0.15, -0.1) is 24.8 Å². The lowest BCUT2D eigenvalue weighted by Crippen LogP contribution is -2.10. The second-order valence-corrected chi connectivity index (χ2v) is 4.07. The molecule has 2 aromatic rings. The number of carbonyl (C=O) groups is 1. The van der Waals surface area contributed by atoms with Gasteiger partial charge < -0.3 is 15.5 Å². The lowest BCUT2D eigenvalue weighted by molar-refractivity contribution is 0.0525. The SMILES string of the molecule is CCOC(=O)c1cc(-c2ccncc2)[nH]c1CCN.Cl.Cl.